The summed E-state index contributed by atoms with van der Waals surface area (Å²) in [5.41, 5.74) is 0. The lowest BCUT2D eigenvalue weighted by Crippen LogP contribution is -1.93. The molecule has 1 aromatic carbocycles. The van der Waals surface area contributed by atoms with Gasteiger partial charge in [0.05, 0.1) is 6.61 Å². The molecule has 0 aliphatic carbocycles. The van der Waals surface area contributed by atoms with E-state index in [9.17, 15) is 4.57 Å². The van der Waals surface area contributed by atoms with Gasteiger partial charge in [0.15, 0.2) is 0 Å². The van der Waals surface area contributed by atoms with E-state index in [-0.39, 0.29) is 6.61 Å². The van der Waals surface area contributed by atoms with Crippen LogP contribution in [-0.2, 0) is 9.09 Å². The fourth-order valence-corrected chi connectivity index (χ4v) is 2.40. The molecule has 0 heterocycles. The van der Waals surface area contributed by atoms with Gasteiger partial charge in [-0.05, 0) is 30.7 Å². The normalized spacial score (nSPS) is 11.6. The van der Waals surface area contributed by atoms with E-state index in [2.05, 4.69) is 4.52 Å². The maximum absolute atomic E-state index is 10.4. The summed E-state index contributed by atoms with van der Waals surface area (Å²) >= 11 is 1.73. The third-order valence-corrected chi connectivity index (χ3v) is 3.43. The van der Waals surface area contributed by atoms with Gasteiger partial charge in [0, 0.05) is 4.90 Å². The summed E-state index contributed by atoms with van der Waals surface area (Å²) in [6.45, 7) is 0.111. The van der Waals surface area contributed by atoms with E-state index in [1.165, 1.54) is 4.90 Å². The van der Waals surface area contributed by atoms with Crippen LogP contribution in [0.2, 0.25) is 0 Å². The average Bonchev–Trinajstić information content (AvgIpc) is 2.23. The third-order valence-electron chi connectivity index (χ3n) is 1.81. The molecular weight excluding hydrogens is 247 g/mol. The van der Waals surface area contributed by atoms with Crippen molar-refractivity contribution in [2.24, 2.45) is 0 Å². The lowest BCUT2D eigenvalue weighted by atomic mass is 10.4. The van der Waals surface area contributed by atoms with Crippen molar-refractivity contribution in [1.82, 2.24) is 0 Å². The average molecular weight is 262 g/mol. The number of thioether (sulfide) groups is 1. The van der Waals surface area contributed by atoms with Gasteiger partial charge in [-0.1, -0.05) is 18.2 Å². The van der Waals surface area contributed by atoms with Crippen LogP contribution in [0.3, 0.4) is 0 Å². The fraction of sp³-hybridized carbons (Fsp3) is 0.400. The van der Waals surface area contributed by atoms with E-state index < -0.39 is 7.82 Å². The van der Waals surface area contributed by atoms with Gasteiger partial charge in [-0.25, -0.2) is 4.57 Å². The first-order valence-electron chi connectivity index (χ1n) is 4.96. The lowest BCUT2D eigenvalue weighted by molar-refractivity contribution is 0.195. The highest BCUT2D eigenvalue weighted by molar-refractivity contribution is 7.99. The molecule has 0 spiro atoms. The standard InChI is InChI=1S/C10H15O4PS/c11-15(12,13)14-8-4-5-9-16-10-6-2-1-3-7-10/h1-3,6-7H,4-5,8-9H2,(H2,11,12,13). The van der Waals surface area contributed by atoms with Gasteiger partial charge in [-0.2, -0.15) is 0 Å². The zero-order valence-electron chi connectivity index (χ0n) is 8.78. The molecule has 0 atom stereocenters. The first-order chi connectivity index (χ1) is 7.58. The van der Waals surface area contributed by atoms with Crippen LogP contribution in [0.25, 0.3) is 0 Å². The van der Waals surface area contributed by atoms with Crippen molar-refractivity contribution in [2.45, 2.75) is 17.7 Å². The Hall–Kier alpha value is -0.320. The molecule has 2 N–H and O–H groups in total. The third kappa shape index (κ3) is 7.04. The zero-order chi connectivity index (χ0) is 11.9. The second-order valence-corrected chi connectivity index (χ2v) is 5.60. The molecule has 90 valence electrons. The SMILES string of the molecule is O=P(O)(O)OCCCCSc1ccccc1. The van der Waals surface area contributed by atoms with Crippen LogP contribution in [0.15, 0.2) is 35.2 Å². The Bertz CT molecular complexity index is 338. The fourth-order valence-electron chi connectivity index (χ4n) is 1.09. The van der Waals surface area contributed by atoms with E-state index in [0.29, 0.717) is 6.42 Å². The summed E-state index contributed by atoms with van der Waals surface area (Å²) in [6, 6.07) is 10.0. The highest BCUT2D eigenvalue weighted by Crippen LogP contribution is 2.35. The summed E-state index contributed by atoms with van der Waals surface area (Å²) in [7, 11) is -4.28. The molecule has 0 bridgehead atoms. The first-order valence-corrected chi connectivity index (χ1v) is 7.47. The smallest absolute Gasteiger partial charge is 0.303 e. The Balaban J connectivity index is 2.03. The van der Waals surface area contributed by atoms with Crippen LogP contribution in [0.1, 0.15) is 12.8 Å². The number of rotatable bonds is 7. The number of benzene rings is 1. The maximum atomic E-state index is 10.4. The quantitative estimate of drug-likeness (QED) is 0.449. The molecule has 0 radical (unpaired) electrons. The summed E-state index contributed by atoms with van der Waals surface area (Å²) in [6.07, 6.45) is 1.53. The van der Waals surface area contributed by atoms with Gasteiger partial charge in [0.25, 0.3) is 0 Å². The minimum atomic E-state index is -4.28. The van der Waals surface area contributed by atoms with E-state index >= 15 is 0 Å². The molecular formula is C10H15O4PS. The van der Waals surface area contributed by atoms with E-state index in [1.807, 2.05) is 30.3 Å². The molecule has 0 saturated heterocycles. The Morgan fingerprint density at radius 2 is 1.88 bits per heavy atom. The first kappa shape index (κ1) is 13.7. The van der Waals surface area contributed by atoms with Crippen molar-refractivity contribution < 1.29 is 18.9 Å². The number of unbranched alkanes of at least 4 members (excludes halogenated alkanes) is 1. The number of hydrogen-bond acceptors (Lipinski definition) is 3. The minimum Gasteiger partial charge on any atom is -0.303 e. The maximum Gasteiger partial charge on any atom is 0.469 e. The zero-order valence-corrected chi connectivity index (χ0v) is 10.5. The Morgan fingerprint density at radius 3 is 2.50 bits per heavy atom. The molecule has 0 unspecified atom stereocenters. The monoisotopic (exact) mass is 262 g/mol. The lowest BCUT2D eigenvalue weighted by Gasteiger charge is -2.04. The highest BCUT2D eigenvalue weighted by Gasteiger charge is 2.12. The van der Waals surface area contributed by atoms with Crippen molar-refractivity contribution in [3.63, 3.8) is 0 Å². The van der Waals surface area contributed by atoms with Crippen LogP contribution in [-0.4, -0.2) is 22.1 Å². The van der Waals surface area contributed by atoms with E-state index in [0.717, 1.165) is 12.2 Å². The minimum absolute atomic E-state index is 0.111. The van der Waals surface area contributed by atoms with Crippen molar-refractivity contribution in [3.05, 3.63) is 30.3 Å². The molecule has 0 saturated carbocycles. The van der Waals surface area contributed by atoms with Gasteiger partial charge in [0.2, 0.25) is 0 Å². The molecule has 16 heavy (non-hydrogen) atoms. The second-order valence-electron chi connectivity index (χ2n) is 3.19. The van der Waals surface area contributed by atoms with Gasteiger partial charge in [0.1, 0.15) is 0 Å². The Morgan fingerprint density at radius 1 is 1.19 bits per heavy atom. The molecule has 0 fully saturated rings. The molecule has 1 rings (SSSR count). The summed E-state index contributed by atoms with van der Waals surface area (Å²) < 4.78 is 14.7. The predicted octanol–water partition coefficient (Wildman–Crippen LogP) is 2.67. The highest BCUT2D eigenvalue weighted by atomic mass is 32.2. The molecule has 0 aromatic heterocycles. The van der Waals surface area contributed by atoms with Gasteiger partial charge < -0.3 is 9.79 Å². The topological polar surface area (TPSA) is 66.8 Å². The van der Waals surface area contributed by atoms with Gasteiger partial charge in [-0.3, -0.25) is 4.52 Å². The predicted molar refractivity (Wildman–Crippen MR) is 64.4 cm³/mol. The molecule has 0 amide bonds. The Labute approximate surface area is 99.3 Å². The van der Waals surface area contributed by atoms with Crippen LogP contribution >= 0.6 is 19.6 Å². The van der Waals surface area contributed by atoms with Crippen LogP contribution < -0.4 is 0 Å². The van der Waals surface area contributed by atoms with E-state index in [1.54, 1.807) is 11.8 Å². The van der Waals surface area contributed by atoms with Crippen LogP contribution in [0.4, 0.5) is 0 Å². The number of phosphoric ester groups is 1. The van der Waals surface area contributed by atoms with Crippen molar-refractivity contribution >= 4 is 19.6 Å². The Kier molecular flexibility index (Phi) is 6.09. The van der Waals surface area contributed by atoms with Crippen LogP contribution in [0, 0.1) is 0 Å². The van der Waals surface area contributed by atoms with Crippen molar-refractivity contribution in [3.8, 4) is 0 Å². The molecule has 4 nitrogen and oxygen atoms in total. The summed E-state index contributed by atoms with van der Waals surface area (Å²) in [5.74, 6) is 0.925. The summed E-state index contributed by atoms with van der Waals surface area (Å²) in [4.78, 5) is 18.1. The molecule has 1 aromatic rings. The summed E-state index contributed by atoms with van der Waals surface area (Å²) in [5, 5.41) is 0. The molecule has 0 aliphatic rings. The van der Waals surface area contributed by atoms with Crippen LogP contribution in [0.5, 0.6) is 0 Å². The van der Waals surface area contributed by atoms with Crippen molar-refractivity contribution in [1.29, 1.82) is 0 Å². The largest absolute Gasteiger partial charge is 0.469 e. The van der Waals surface area contributed by atoms with Crippen molar-refractivity contribution in [2.75, 3.05) is 12.4 Å². The molecule has 6 heteroatoms. The van der Waals surface area contributed by atoms with E-state index in [4.69, 9.17) is 9.79 Å². The second kappa shape index (κ2) is 7.09. The van der Waals surface area contributed by atoms with Gasteiger partial charge in [-0.15, -0.1) is 11.8 Å². The van der Waals surface area contributed by atoms with Gasteiger partial charge >= 0.3 is 7.82 Å². The number of phosphoric acid groups is 1. The number of hydrogen-bond donors (Lipinski definition) is 2. The molecule has 0 aliphatic heterocycles.